The molecule has 3 rings (SSSR count). The summed E-state index contributed by atoms with van der Waals surface area (Å²) >= 11 is 0. The summed E-state index contributed by atoms with van der Waals surface area (Å²) < 4.78 is 4.92. The first-order valence-corrected chi connectivity index (χ1v) is 4.82. The van der Waals surface area contributed by atoms with Crippen molar-refractivity contribution in [3.05, 3.63) is 35.9 Å². The molecule has 1 saturated heterocycles. The van der Waals surface area contributed by atoms with E-state index >= 15 is 0 Å². The Kier molecular flexibility index (Phi) is 1.74. The molecule has 1 aromatic rings. The Bertz CT molecular complexity index is 427. The highest BCUT2D eigenvalue weighted by Crippen LogP contribution is 2.36. The van der Waals surface area contributed by atoms with Crippen molar-refractivity contribution >= 4 is 11.7 Å². The van der Waals surface area contributed by atoms with E-state index in [0.717, 1.165) is 5.56 Å². The smallest absolute Gasteiger partial charge is 0.356 e. The maximum absolute atomic E-state index is 11.2. The number of nitrogens with zero attached hydrogens (tertiary/aromatic N) is 1. The Morgan fingerprint density at radius 2 is 2.07 bits per heavy atom. The molecule has 2 aliphatic heterocycles. The Morgan fingerprint density at radius 1 is 1.27 bits per heavy atom. The van der Waals surface area contributed by atoms with E-state index in [1.54, 1.807) is 0 Å². The molecule has 0 bridgehead atoms. The minimum absolute atomic E-state index is 0.0418. The Morgan fingerprint density at radius 3 is 2.87 bits per heavy atom. The molecule has 0 N–H and O–H groups in total. The molecule has 0 saturated carbocycles. The van der Waals surface area contributed by atoms with Crippen LogP contribution in [0.3, 0.4) is 0 Å². The number of ether oxygens (including phenoxy) is 1. The van der Waals surface area contributed by atoms with Gasteiger partial charge < -0.3 is 9.57 Å². The van der Waals surface area contributed by atoms with Crippen LogP contribution in [0.1, 0.15) is 11.7 Å². The predicted octanol–water partition coefficient (Wildman–Crippen LogP) is 1.29. The Hall–Kier alpha value is -1.84. The lowest BCUT2D eigenvalue weighted by Gasteiger charge is -2.12. The van der Waals surface area contributed by atoms with E-state index in [1.807, 2.05) is 30.3 Å². The predicted molar refractivity (Wildman–Crippen MR) is 52.2 cm³/mol. The Labute approximate surface area is 86.5 Å². The monoisotopic (exact) mass is 203 g/mol. The van der Waals surface area contributed by atoms with Crippen molar-refractivity contribution < 1.29 is 14.4 Å². The summed E-state index contributed by atoms with van der Waals surface area (Å²) in [5.74, 6) is -0.390. The zero-order chi connectivity index (χ0) is 10.3. The lowest BCUT2D eigenvalue weighted by atomic mass is 9.94. The molecule has 76 valence electrons. The topological polar surface area (TPSA) is 47.9 Å². The van der Waals surface area contributed by atoms with Gasteiger partial charge in [0.05, 0.1) is 5.92 Å². The van der Waals surface area contributed by atoms with Crippen molar-refractivity contribution in [3.8, 4) is 0 Å². The number of esters is 1. The maximum atomic E-state index is 11.2. The van der Waals surface area contributed by atoms with E-state index < -0.39 is 0 Å². The van der Waals surface area contributed by atoms with Gasteiger partial charge in [0.25, 0.3) is 0 Å². The molecule has 4 nitrogen and oxygen atoms in total. The van der Waals surface area contributed by atoms with Crippen molar-refractivity contribution in [2.24, 2.45) is 11.1 Å². The SMILES string of the molecule is O=C1OCC2C1=NOC2c1ccccc1. The zero-order valence-corrected chi connectivity index (χ0v) is 7.92. The molecule has 0 spiro atoms. The van der Waals surface area contributed by atoms with Crippen LogP contribution < -0.4 is 0 Å². The van der Waals surface area contributed by atoms with Gasteiger partial charge in [0.1, 0.15) is 6.61 Å². The van der Waals surface area contributed by atoms with Crippen LogP contribution in [0, 0.1) is 5.92 Å². The van der Waals surface area contributed by atoms with Gasteiger partial charge in [-0.15, -0.1) is 0 Å². The summed E-state index contributed by atoms with van der Waals surface area (Å²) in [6.07, 6.45) is -0.173. The van der Waals surface area contributed by atoms with Crippen LogP contribution in [-0.4, -0.2) is 18.3 Å². The van der Waals surface area contributed by atoms with Gasteiger partial charge in [-0.05, 0) is 5.56 Å². The van der Waals surface area contributed by atoms with Gasteiger partial charge in [-0.25, -0.2) is 4.79 Å². The van der Waals surface area contributed by atoms with Gasteiger partial charge >= 0.3 is 5.97 Å². The summed E-state index contributed by atoms with van der Waals surface area (Å²) in [6, 6.07) is 9.75. The first-order chi connectivity index (χ1) is 7.36. The summed E-state index contributed by atoms with van der Waals surface area (Å²) in [7, 11) is 0. The summed E-state index contributed by atoms with van der Waals surface area (Å²) in [4.78, 5) is 16.5. The third-order valence-corrected chi connectivity index (χ3v) is 2.71. The maximum Gasteiger partial charge on any atom is 0.356 e. The van der Waals surface area contributed by atoms with Gasteiger partial charge in [0, 0.05) is 0 Å². The molecule has 2 unspecified atom stereocenters. The molecule has 2 atom stereocenters. The van der Waals surface area contributed by atoms with Crippen molar-refractivity contribution in [3.63, 3.8) is 0 Å². The number of oxime groups is 1. The number of cyclic esters (lactones) is 1. The number of carbonyl (C=O) groups is 1. The van der Waals surface area contributed by atoms with Crippen molar-refractivity contribution in [1.82, 2.24) is 0 Å². The second-order valence-corrected chi connectivity index (χ2v) is 3.62. The van der Waals surface area contributed by atoms with Crippen LogP contribution in [0.25, 0.3) is 0 Å². The van der Waals surface area contributed by atoms with Gasteiger partial charge in [0.15, 0.2) is 11.8 Å². The van der Waals surface area contributed by atoms with Crippen LogP contribution in [0.5, 0.6) is 0 Å². The quantitative estimate of drug-likeness (QED) is 0.646. The normalized spacial score (nSPS) is 28.0. The third-order valence-electron chi connectivity index (χ3n) is 2.71. The van der Waals surface area contributed by atoms with E-state index in [4.69, 9.17) is 9.57 Å². The highest BCUT2D eigenvalue weighted by atomic mass is 16.7. The molecular weight excluding hydrogens is 194 g/mol. The average molecular weight is 203 g/mol. The van der Waals surface area contributed by atoms with E-state index in [1.165, 1.54) is 0 Å². The van der Waals surface area contributed by atoms with Crippen molar-refractivity contribution in [1.29, 1.82) is 0 Å². The van der Waals surface area contributed by atoms with Gasteiger partial charge in [-0.1, -0.05) is 35.5 Å². The molecule has 15 heavy (non-hydrogen) atoms. The fourth-order valence-corrected chi connectivity index (χ4v) is 1.93. The molecule has 0 radical (unpaired) electrons. The van der Waals surface area contributed by atoms with Crippen LogP contribution in [0.2, 0.25) is 0 Å². The van der Waals surface area contributed by atoms with E-state index in [2.05, 4.69) is 5.16 Å². The van der Waals surface area contributed by atoms with Crippen molar-refractivity contribution in [2.45, 2.75) is 6.10 Å². The van der Waals surface area contributed by atoms with E-state index in [-0.39, 0.29) is 18.0 Å². The second kappa shape index (κ2) is 3.08. The zero-order valence-electron chi connectivity index (χ0n) is 7.92. The van der Waals surface area contributed by atoms with E-state index in [0.29, 0.717) is 12.3 Å². The van der Waals surface area contributed by atoms with Crippen LogP contribution >= 0.6 is 0 Å². The fourth-order valence-electron chi connectivity index (χ4n) is 1.93. The molecule has 2 heterocycles. The van der Waals surface area contributed by atoms with Crippen LogP contribution in [0.15, 0.2) is 35.5 Å². The first-order valence-electron chi connectivity index (χ1n) is 4.82. The van der Waals surface area contributed by atoms with Gasteiger partial charge in [-0.2, -0.15) is 0 Å². The summed E-state index contributed by atoms with van der Waals surface area (Å²) in [5, 5.41) is 3.78. The number of hydrogen-bond donors (Lipinski definition) is 0. The standard InChI is InChI=1S/C11H9NO3/c13-11-9-8(6-14-11)10(15-12-9)7-4-2-1-3-5-7/h1-5,8,10H,6H2. The third kappa shape index (κ3) is 1.21. The first kappa shape index (κ1) is 8.47. The minimum atomic E-state index is -0.349. The number of carbonyl (C=O) groups excluding carboxylic acids is 1. The molecular formula is C11H9NO3. The highest BCUT2D eigenvalue weighted by Gasteiger charge is 2.45. The number of hydrogen-bond acceptors (Lipinski definition) is 4. The van der Waals surface area contributed by atoms with Crippen LogP contribution in [0.4, 0.5) is 0 Å². The summed E-state index contributed by atoms with van der Waals surface area (Å²) in [6.45, 7) is 0.372. The molecule has 0 aliphatic carbocycles. The molecule has 1 aromatic carbocycles. The molecule has 4 heteroatoms. The number of fused-ring (bicyclic) bond motifs is 1. The second-order valence-electron chi connectivity index (χ2n) is 3.62. The number of rotatable bonds is 1. The summed E-state index contributed by atoms with van der Waals surface area (Å²) in [5.41, 5.74) is 1.45. The molecule has 0 aromatic heterocycles. The van der Waals surface area contributed by atoms with Crippen molar-refractivity contribution in [2.75, 3.05) is 6.61 Å². The van der Waals surface area contributed by atoms with Gasteiger partial charge in [0.2, 0.25) is 0 Å². The average Bonchev–Trinajstić information content (AvgIpc) is 2.83. The van der Waals surface area contributed by atoms with Crippen LogP contribution in [-0.2, 0) is 14.4 Å². The molecule has 0 amide bonds. The molecule has 2 aliphatic rings. The Balaban J connectivity index is 1.91. The highest BCUT2D eigenvalue weighted by molar-refractivity contribution is 6.39. The minimum Gasteiger partial charge on any atom is -0.460 e. The van der Waals surface area contributed by atoms with Gasteiger partial charge in [-0.3, -0.25) is 0 Å². The molecule has 1 fully saturated rings. The number of benzene rings is 1. The van der Waals surface area contributed by atoms with E-state index in [9.17, 15) is 4.79 Å². The largest absolute Gasteiger partial charge is 0.460 e. The fraction of sp³-hybridized carbons (Fsp3) is 0.273. The lowest BCUT2D eigenvalue weighted by Crippen LogP contribution is -2.16. The lowest BCUT2D eigenvalue weighted by molar-refractivity contribution is -0.134.